The molecular formula is C12H14Br2N2O. The number of likely N-dealkylation sites (tertiary alicyclic amines) is 1. The highest BCUT2D eigenvalue weighted by molar-refractivity contribution is 9.10. The molecule has 92 valence electrons. The van der Waals surface area contributed by atoms with E-state index in [-0.39, 0.29) is 5.91 Å². The number of carbonyl (C=O) groups is 1. The zero-order valence-electron chi connectivity index (χ0n) is 9.40. The lowest BCUT2D eigenvalue weighted by Gasteiger charge is -2.30. The third kappa shape index (κ3) is 3.28. The smallest absolute Gasteiger partial charge is 0.272 e. The first-order valence-electron chi connectivity index (χ1n) is 5.67. The number of carbonyl (C=O) groups excluding carboxylic acids is 1. The monoisotopic (exact) mass is 360 g/mol. The van der Waals surface area contributed by atoms with Crippen LogP contribution >= 0.6 is 31.9 Å². The van der Waals surface area contributed by atoms with Crippen molar-refractivity contribution in [2.75, 3.05) is 18.4 Å². The van der Waals surface area contributed by atoms with Gasteiger partial charge in [0.15, 0.2) is 0 Å². The summed E-state index contributed by atoms with van der Waals surface area (Å²) in [6.45, 7) is 1.68. The van der Waals surface area contributed by atoms with Crippen molar-refractivity contribution in [1.29, 1.82) is 0 Å². The molecule has 0 aromatic carbocycles. The quantitative estimate of drug-likeness (QED) is 0.758. The number of pyridine rings is 1. The number of alkyl halides is 1. The van der Waals surface area contributed by atoms with Crippen molar-refractivity contribution in [3.05, 3.63) is 28.5 Å². The van der Waals surface area contributed by atoms with E-state index in [9.17, 15) is 4.79 Å². The Morgan fingerprint density at radius 1 is 1.41 bits per heavy atom. The Bertz CT molecular complexity index is 386. The van der Waals surface area contributed by atoms with E-state index in [0.29, 0.717) is 11.6 Å². The Hall–Kier alpha value is -0.420. The van der Waals surface area contributed by atoms with Crippen LogP contribution in [-0.4, -0.2) is 34.2 Å². The van der Waals surface area contributed by atoms with Gasteiger partial charge in [-0.15, -0.1) is 0 Å². The van der Waals surface area contributed by atoms with E-state index < -0.39 is 0 Å². The number of piperidine rings is 1. The van der Waals surface area contributed by atoms with Crippen LogP contribution in [0.25, 0.3) is 0 Å². The molecule has 1 amide bonds. The van der Waals surface area contributed by atoms with E-state index in [1.165, 1.54) is 0 Å². The number of halogens is 2. The van der Waals surface area contributed by atoms with Gasteiger partial charge < -0.3 is 4.90 Å². The van der Waals surface area contributed by atoms with Gasteiger partial charge in [0, 0.05) is 29.1 Å². The Kier molecular flexibility index (Phi) is 4.56. The first kappa shape index (κ1) is 13.0. The fourth-order valence-corrected chi connectivity index (χ4v) is 2.84. The summed E-state index contributed by atoms with van der Waals surface area (Å²) in [6.07, 6.45) is 3.82. The van der Waals surface area contributed by atoms with Gasteiger partial charge in [0.25, 0.3) is 5.91 Å². The van der Waals surface area contributed by atoms with Crippen LogP contribution in [0.3, 0.4) is 0 Å². The normalized spacial score (nSPS) is 17.2. The predicted octanol–water partition coefficient (Wildman–Crippen LogP) is 3.09. The van der Waals surface area contributed by atoms with Crippen molar-refractivity contribution in [2.24, 2.45) is 5.92 Å². The minimum absolute atomic E-state index is 0.0468. The summed E-state index contributed by atoms with van der Waals surface area (Å²) < 4.78 is 0.895. The SMILES string of the molecule is O=C(c1ccc(Br)cn1)N1CCC(CBr)CC1. The van der Waals surface area contributed by atoms with Gasteiger partial charge in [0.2, 0.25) is 0 Å². The molecule has 0 unspecified atom stereocenters. The second-order valence-electron chi connectivity index (χ2n) is 4.25. The van der Waals surface area contributed by atoms with Crippen molar-refractivity contribution in [2.45, 2.75) is 12.8 Å². The van der Waals surface area contributed by atoms with E-state index >= 15 is 0 Å². The highest BCUT2D eigenvalue weighted by Crippen LogP contribution is 2.20. The molecule has 2 heterocycles. The minimum Gasteiger partial charge on any atom is -0.337 e. The largest absolute Gasteiger partial charge is 0.337 e. The number of hydrogen-bond donors (Lipinski definition) is 0. The van der Waals surface area contributed by atoms with E-state index in [0.717, 1.165) is 35.7 Å². The molecule has 0 spiro atoms. The van der Waals surface area contributed by atoms with Gasteiger partial charge in [-0.25, -0.2) is 4.98 Å². The molecule has 0 saturated carbocycles. The molecule has 3 nitrogen and oxygen atoms in total. The molecule has 1 fully saturated rings. The lowest BCUT2D eigenvalue weighted by Crippen LogP contribution is -2.39. The lowest BCUT2D eigenvalue weighted by molar-refractivity contribution is 0.0693. The molecule has 17 heavy (non-hydrogen) atoms. The topological polar surface area (TPSA) is 33.2 Å². The molecule has 5 heteroatoms. The Morgan fingerprint density at radius 2 is 2.12 bits per heavy atom. The Morgan fingerprint density at radius 3 is 2.65 bits per heavy atom. The average Bonchev–Trinajstić information content (AvgIpc) is 2.39. The molecular weight excluding hydrogens is 348 g/mol. The van der Waals surface area contributed by atoms with Crippen LogP contribution in [0, 0.1) is 5.92 Å². The second kappa shape index (κ2) is 5.96. The number of aromatic nitrogens is 1. The zero-order valence-corrected chi connectivity index (χ0v) is 12.6. The van der Waals surface area contributed by atoms with Crippen molar-refractivity contribution >= 4 is 37.8 Å². The molecule has 1 aliphatic rings. The Labute approximate surface area is 118 Å². The molecule has 0 N–H and O–H groups in total. The van der Waals surface area contributed by atoms with Crippen LogP contribution in [-0.2, 0) is 0 Å². The van der Waals surface area contributed by atoms with Crippen LogP contribution in [0.5, 0.6) is 0 Å². The third-order valence-corrected chi connectivity index (χ3v) is 4.45. The van der Waals surface area contributed by atoms with Gasteiger partial charge in [0.05, 0.1) is 0 Å². The summed E-state index contributed by atoms with van der Waals surface area (Å²) in [5, 5.41) is 1.03. The van der Waals surface area contributed by atoms with E-state index in [2.05, 4.69) is 36.8 Å². The van der Waals surface area contributed by atoms with Gasteiger partial charge in [-0.3, -0.25) is 4.79 Å². The first-order chi connectivity index (χ1) is 8.20. The van der Waals surface area contributed by atoms with Crippen LogP contribution < -0.4 is 0 Å². The summed E-state index contributed by atoms with van der Waals surface area (Å²) in [5.41, 5.74) is 0.533. The zero-order chi connectivity index (χ0) is 12.3. The maximum atomic E-state index is 12.1. The molecule has 1 aliphatic heterocycles. The Balaban J connectivity index is 1.99. The van der Waals surface area contributed by atoms with E-state index in [1.54, 1.807) is 12.3 Å². The summed E-state index contributed by atoms with van der Waals surface area (Å²) in [5.74, 6) is 0.752. The molecule has 1 aromatic heterocycles. The fraction of sp³-hybridized carbons (Fsp3) is 0.500. The van der Waals surface area contributed by atoms with Crippen LogP contribution in [0.15, 0.2) is 22.8 Å². The summed E-state index contributed by atoms with van der Waals surface area (Å²) in [4.78, 5) is 18.2. The fourth-order valence-electron chi connectivity index (χ4n) is 1.95. The van der Waals surface area contributed by atoms with Crippen molar-refractivity contribution in [3.8, 4) is 0 Å². The summed E-state index contributed by atoms with van der Waals surface area (Å²) in [6, 6.07) is 3.62. The van der Waals surface area contributed by atoms with Gasteiger partial charge in [-0.2, -0.15) is 0 Å². The maximum absolute atomic E-state index is 12.1. The van der Waals surface area contributed by atoms with Crippen LogP contribution in [0.4, 0.5) is 0 Å². The van der Waals surface area contributed by atoms with E-state index in [1.807, 2.05) is 11.0 Å². The third-order valence-electron chi connectivity index (χ3n) is 3.07. The molecule has 0 atom stereocenters. The lowest BCUT2D eigenvalue weighted by atomic mass is 9.99. The average molecular weight is 362 g/mol. The van der Waals surface area contributed by atoms with Gasteiger partial charge in [-0.05, 0) is 46.8 Å². The molecule has 0 aliphatic carbocycles. The maximum Gasteiger partial charge on any atom is 0.272 e. The van der Waals surface area contributed by atoms with Crippen molar-refractivity contribution < 1.29 is 4.79 Å². The number of amides is 1. The van der Waals surface area contributed by atoms with Crippen LogP contribution in [0.1, 0.15) is 23.3 Å². The number of rotatable bonds is 2. The van der Waals surface area contributed by atoms with Gasteiger partial charge in [0.1, 0.15) is 5.69 Å². The molecule has 1 saturated heterocycles. The highest BCUT2D eigenvalue weighted by Gasteiger charge is 2.23. The van der Waals surface area contributed by atoms with Gasteiger partial charge in [-0.1, -0.05) is 15.9 Å². The predicted molar refractivity (Wildman–Crippen MR) is 74.4 cm³/mol. The molecule has 2 rings (SSSR count). The number of nitrogens with zero attached hydrogens (tertiary/aromatic N) is 2. The summed E-state index contributed by atoms with van der Waals surface area (Å²) in [7, 11) is 0. The van der Waals surface area contributed by atoms with Crippen molar-refractivity contribution in [3.63, 3.8) is 0 Å². The highest BCUT2D eigenvalue weighted by atomic mass is 79.9. The minimum atomic E-state index is 0.0468. The van der Waals surface area contributed by atoms with E-state index in [4.69, 9.17) is 0 Å². The molecule has 1 aromatic rings. The summed E-state index contributed by atoms with van der Waals surface area (Å²) >= 11 is 6.81. The second-order valence-corrected chi connectivity index (χ2v) is 5.81. The molecule has 0 bridgehead atoms. The van der Waals surface area contributed by atoms with Crippen LogP contribution in [0.2, 0.25) is 0 Å². The van der Waals surface area contributed by atoms with Gasteiger partial charge >= 0.3 is 0 Å². The number of hydrogen-bond acceptors (Lipinski definition) is 2. The first-order valence-corrected chi connectivity index (χ1v) is 7.59. The standard InChI is InChI=1S/C12H14Br2N2O/c13-7-9-3-5-16(6-4-9)12(17)11-2-1-10(14)8-15-11/h1-2,8-9H,3-7H2. The molecule has 0 radical (unpaired) electrons. The van der Waals surface area contributed by atoms with Crippen molar-refractivity contribution in [1.82, 2.24) is 9.88 Å².